The number of nitrogens with one attached hydrogen (secondary N) is 2. The molecule has 3 aromatic rings. The number of amides is 2. The average molecular weight is 386 g/mol. The van der Waals surface area contributed by atoms with Gasteiger partial charge in [0, 0.05) is 11.8 Å². The van der Waals surface area contributed by atoms with E-state index in [1.54, 1.807) is 30.3 Å². The van der Waals surface area contributed by atoms with Crippen LogP contribution in [0.25, 0.3) is 6.08 Å². The molecule has 0 radical (unpaired) electrons. The maximum absolute atomic E-state index is 13.1. The Labute approximate surface area is 169 Å². The van der Waals surface area contributed by atoms with E-state index in [0.29, 0.717) is 12.1 Å². The molecule has 1 atom stereocenters. The molecule has 0 aliphatic rings. The minimum atomic E-state index is -0.603. The number of hydroxylamine groups is 1. The van der Waals surface area contributed by atoms with E-state index in [4.69, 9.17) is 5.21 Å². The molecule has 0 aliphatic heterocycles. The Kier molecular flexibility index (Phi) is 6.92. The SMILES string of the molecule is O=C(/C=C/c1ccc(NC(=O)C(Cc2ccccc2)c2ccccc2)cc1)NO. The molecule has 0 bridgehead atoms. The smallest absolute Gasteiger partial charge is 0.267 e. The summed E-state index contributed by atoms with van der Waals surface area (Å²) in [6.07, 6.45) is 3.39. The minimum absolute atomic E-state index is 0.0806. The van der Waals surface area contributed by atoms with Crippen molar-refractivity contribution < 1.29 is 14.8 Å². The van der Waals surface area contributed by atoms with Gasteiger partial charge in [-0.15, -0.1) is 0 Å². The van der Waals surface area contributed by atoms with Crippen LogP contribution in [0, 0.1) is 0 Å². The van der Waals surface area contributed by atoms with Crippen molar-refractivity contribution >= 4 is 23.6 Å². The average Bonchev–Trinajstić information content (AvgIpc) is 2.78. The van der Waals surface area contributed by atoms with E-state index in [-0.39, 0.29) is 11.8 Å². The lowest BCUT2D eigenvalue weighted by atomic mass is 9.91. The van der Waals surface area contributed by atoms with Gasteiger partial charge in [0.1, 0.15) is 0 Å². The molecular weight excluding hydrogens is 364 g/mol. The second-order valence-electron chi connectivity index (χ2n) is 6.57. The zero-order valence-electron chi connectivity index (χ0n) is 15.8. The third kappa shape index (κ3) is 5.89. The molecule has 3 rings (SSSR count). The Hall–Kier alpha value is -3.70. The Morgan fingerprint density at radius 3 is 2.10 bits per heavy atom. The molecule has 0 saturated carbocycles. The number of benzene rings is 3. The summed E-state index contributed by atoms with van der Waals surface area (Å²) in [7, 11) is 0. The molecule has 1 unspecified atom stereocenters. The summed E-state index contributed by atoms with van der Waals surface area (Å²) in [5, 5.41) is 11.5. The summed E-state index contributed by atoms with van der Waals surface area (Å²) in [5.41, 5.74) is 5.04. The number of anilines is 1. The van der Waals surface area contributed by atoms with Crippen LogP contribution in [0.3, 0.4) is 0 Å². The first-order valence-corrected chi connectivity index (χ1v) is 9.27. The van der Waals surface area contributed by atoms with Crippen molar-refractivity contribution in [3.63, 3.8) is 0 Å². The van der Waals surface area contributed by atoms with Crippen molar-refractivity contribution in [2.45, 2.75) is 12.3 Å². The molecule has 146 valence electrons. The van der Waals surface area contributed by atoms with Gasteiger partial charge in [-0.25, -0.2) is 5.48 Å². The fourth-order valence-corrected chi connectivity index (χ4v) is 3.01. The minimum Gasteiger partial charge on any atom is -0.326 e. The van der Waals surface area contributed by atoms with Crippen molar-refractivity contribution in [2.24, 2.45) is 0 Å². The number of carbonyl (C=O) groups excluding carboxylic acids is 2. The second kappa shape index (κ2) is 10.0. The van der Waals surface area contributed by atoms with Gasteiger partial charge in [-0.05, 0) is 41.3 Å². The highest BCUT2D eigenvalue weighted by Crippen LogP contribution is 2.23. The number of carbonyl (C=O) groups is 2. The molecule has 0 heterocycles. The predicted molar refractivity (Wildman–Crippen MR) is 113 cm³/mol. The molecule has 0 fully saturated rings. The molecule has 3 aromatic carbocycles. The monoisotopic (exact) mass is 386 g/mol. The molecule has 5 heteroatoms. The molecule has 2 amide bonds. The van der Waals surface area contributed by atoms with Gasteiger partial charge in [-0.1, -0.05) is 72.8 Å². The number of rotatable bonds is 7. The molecule has 5 nitrogen and oxygen atoms in total. The highest BCUT2D eigenvalue weighted by atomic mass is 16.5. The van der Waals surface area contributed by atoms with E-state index in [1.807, 2.05) is 60.7 Å². The largest absolute Gasteiger partial charge is 0.326 e. The van der Waals surface area contributed by atoms with Crippen LogP contribution >= 0.6 is 0 Å². The summed E-state index contributed by atoms with van der Waals surface area (Å²) in [5.74, 6) is -0.997. The quantitative estimate of drug-likeness (QED) is 0.324. The van der Waals surface area contributed by atoms with Gasteiger partial charge in [0.2, 0.25) is 5.91 Å². The standard InChI is InChI=1S/C24H22N2O3/c27-23(26-29)16-13-18-11-14-21(15-12-18)25-24(28)22(20-9-5-2-6-10-20)17-19-7-3-1-4-8-19/h1-16,22,29H,17H2,(H,25,28)(H,26,27)/b16-13+. The third-order valence-electron chi connectivity index (χ3n) is 4.52. The third-order valence-corrected chi connectivity index (χ3v) is 4.52. The van der Waals surface area contributed by atoms with E-state index in [9.17, 15) is 9.59 Å². The normalized spacial score (nSPS) is 11.8. The van der Waals surface area contributed by atoms with Crippen molar-refractivity contribution in [3.8, 4) is 0 Å². The zero-order valence-corrected chi connectivity index (χ0v) is 15.8. The zero-order chi connectivity index (χ0) is 20.5. The summed E-state index contributed by atoms with van der Waals surface area (Å²) in [6.45, 7) is 0. The Balaban J connectivity index is 1.74. The van der Waals surface area contributed by atoms with E-state index in [2.05, 4.69) is 5.32 Å². The van der Waals surface area contributed by atoms with Crippen molar-refractivity contribution in [3.05, 3.63) is 108 Å². The van der Waals surface area contributed by atoms with Crippen LogP contribution in [0.1, 0.15) is 22.6 Å². The lowest BCUT2D eigenvalue weighted by Crippen LogP contribution is -2.23. The van der Waals surface area contributed by atoms with Crippen LogP contribution in [-0.4, -0.2) is 17.0 Å². The van der Waals surface area contributed by atoms with Gasteiger partial charge in [-0.3, -0.25) is 14.8 Å². The predicted octanol–water partition coefficient (Wildman–Crippen LogP) is 4.17. The van der Waals surface area contributed by atoms with Gasteiger partial charge < -0.3 is 5.32 Å². The first-order valence-electron chi connectivity index (χ1n) is 9.27. The lowest BCUT2D eigenvalue weighted by molar-refractivity contribution is -0.124. The van der Waals surface area contributed by atoms with E-state index in [0.717, 1.165) is 16.7 Å². The fourth-order valence-electron chi connectivity index (χ4n) is 3.01. The van der Waals surface area contributed by atoms with Gasteiger partial charge >= 0.3 is 0 Å². The van der Waals surface area contributed by atoms with E-state index < -0.39 is 5.91 Å². The summed E-state index contributed by atoms with van der Waals surface area (Å²) < 4.78 is 0. The van der Waals surface area contributed by atoms with Crippen molar-refractivity contribution in [1.29, 1.82) is 0 Å². The molecule has 0 aromatic heterocycles. The summed E-state index contributed by atoms with van der Waals surface area (Å²) in [4.78, 5) is 24.1. The molecule has 0 spiro atoms. The number of hydrogen-bond donors (Lipinski definition) is 3. The highest BCUT2D eigenvalue weighted by molar-refractivity contribution is 5.96. The number of hydrogen-bond acceptors (Lipinski definition) is 3. The Morgan fingerprint density at radius 2 is 1.48 bits per heavy atom. The molecular formula is C24H22N2O3. The Morgan fingerprint density at radius 1 is 0.862 bits per heavy atom. The van der Waals surface area contributed by atoms with Crippen LogP contribution in [0.4, 0.5) is 5.69 Å². The van der Waals surface area contributed by atoms with Gasteiger partial charge in [0.25, 0.3) is 5.91 Å². The lowest BCUT2D eigenvalue weighted by Gasteiger charge is -2.18. The van der Waals surface area contributed by atoms with E-state index in [1.165, 1.54) is 11.6 Å². The van der Waals surface area contributed by atoms with Crippen LogP contribution in [0.5, 0.6) is 0 Å². The van der Waals surface area contributed by atoms with Gasteiger partial charge in [-0.2, -0.15) is 0 Å². The molecule has 0 saturated heterocycles. The molecule has 0 aliphatic carbocycles. The fraction of sp³-hybridized carbons (Fsp3) is 0.0833. The van der Waals surface area contributed by atoms with E-state index >= 15 is 0 Å². The first-order chi connectivity index (χ1) is 14.2. The van der Waals surface area contributed by atoms with Crippen LogP contribution in [0.15, 0.2) is 91.0 Å². The van der Waals surface area contributed by atoms with Crippen molar-refractivity contribution in [1.82, 2.24) is 5.48 Å². The van der Waals surface area contributed by atoms with Gasteiger partial charge in [0.15, 0.2) is 0 Å². The maximum atomic E-state index is 13.1. The summed E-state index contributed by atoms with van der Waals surface area (Å²) in [6, 6.07) is 26.8. The maximum Gasteiger partial charge on any atom is 0.267 e. The van der Waals surface area contributed by atoms with Crippen LogP contribution in [0.2, 0.25) is 0 Å². The highest BCUT2D eigenvalue weighted by Gasteiger charge is 2.21. The summed E-state index contributed by atoms with van der Waals surface area (Å²) >= 11 is 0. The second-order valence-corrected chi connectivity index (χ2v) is 6.57. The Bertz CT molecular complexity index is 968. The van der Waals surface area contributed by atoms with Crippen molar-refractivity contribution in [2.75, 3.05) is 5.32 Å². The topological polar surface area (TPSA) is 78.4 Å². The van der Waals surface area contributed by atoms with Crippen LogP contribution < -0.4 is 10.8 Å². The van der Waals surface area contributed by atoms with Crippen LogP contribution in [-0.2, 0) is 16.0 Å². The molecule has 29 heavy (non-hydrogen) atoms. The molecule has 3 N–H and O–H groups in total. The first kappa shape index (κ1) is 20.0. The van der Waals surface area contributed by atoms with Gasteiger partial charge in [0.05, 0.1) is 5.92 Å².